The van der Waals surface area contributed by atoms with Crippen LogP contribution in [0.3, 0.4) is 0 Å². The quantitative estimate of drug-likeness (QED) is 0.164. The summed E-state index contributed by atoms with van der Waals surface area (Å²) in [5.74, 6) is 0. The minimum absolute atomic E-state index is 0.168. The molecule has 0 N–H and O–H groups in total. The number of nitrogens with zero attached hydrogens (tertiary/aromatic N) is 1. The first-order valence-corrected chi connectivity index (χ1v) is 20.4. The van der Waals surface area contributed by atoms with Gasteiger partial charge in [0.1, 0.15) is 0 Å². The Morgan fingerprint density at radius 3 is 1.46 bits per heavy atom. The highest BCUT2D eigenvalue weighted by Gasteiger charge is 2.37. The van der Waals surface area contributed by atoms with Gasteiger partial charge >= 0.3 is 0 Å². The maximum atomic E-state index is 2.77. The van der Waals surface area contributed by atoms with Crippen molar-refractivity contribution < 1.29 is 0 Å². The molecule has 2 aliphatic carbocycles. The molecule has 0 heterocycles. The molecule has 57 heavy (non-hydrogen) atoms. The third-order valence-corrected chi connectivity index (χ3v) is 12.4. The molecule has 2 aliphatic rings. The zero-order chi connectivity index (χ0) is 38.8. The zero-order valence-electron chi connectivity index (χ0n) is 33.5. The zero-order valence-corrected chi connectivity index (χ0v) is 33.5. The lowest BCUT2D eigenvalue weighted by Crippen LogP contribution is -2.23. The van der Waals surface area contributed by atoms with Crippen molar-refractivity contribution in [3.8, 4) is 55.6 Å². The van der Waals surface area contributed by atoms with E-state index in [-0.39, 0.29) is 5.41 Å². The first-order chi connectivity index (χ1) is 27.8. The van der Waals surface area contributed by atoms with E-state index in [9.17, 15) is 0 Å². The van der Waals surface area contributed by atoms with Crippen LogP contribution >= 0.6 is 0 Å². The second-order valence-corrected chi connectivity index (χ2v) is 16.9. The monoisotopic (exact) mass is 733 g/mol. The summed E-state index contributed by atoms with van der Waals surface area (Å²) in [6.07, 6.45) is 1.75. The summed E-state index contributed by atoms with van der Waals surface area (Å²) in [7, 11) is 0. The molecule has 0 aromatic heterocycles. The van der Waals surface area contributed by atoms with Gasteiger partial charge in [0, 0.05) is 24.0 Å². The molecule has 0 aliphatic heterocycles. The summed E-state index contributed by atoms with van der Waals surface area (Å²) in [5.41, 5.74) is 25.9. The Morgan fingerprint density at radius 2 is 0.877 bits per heavy atom. The molecule has 1 heteroatoms. The van der Waals surface area contributed by atoms with Gasteiger partial charge in [-0.25, -0.2) is 0 Å². The third kappa shape index (κ3) is 5.76. The van der Waals surface area contributed by atoms with E-state index in [0.29, 0.717) is 0 Å². The Kier molecular flexibility index (Phi) is 8.38. The highest BCUT2D eigenvalue weighted by molar-refractivity contribution is 6.07. The average Bonchev–Trinajstić information content (AvgIpc) is 3.80. The summed E-state index contributed by atoms with van der Waals surface area (Å²) in [6, 6.07) is 63.4. The molecule has 0 saturated carbocycles. The van der Waals surface area contributed by atoms with Crippen LogP contribution < -0.4 is 4.90 Å². The van der Waals surface area contributed by atoms with Crippen LogP contribution in [0, 0.1) is 13.8 Å². The molecule has 0 atom stereocenters. The molecule has 10 rings (SSSR count). The normalized spacial score (nSPS) is 12.5. The second kappa shape index (κ2) is 13.6. The molecule has 8 aromatic carbocycles. The van der Waals surface area contributed by atoms with Gasteiger partial charge in [-0.1, -0.05) is 185 Å². The Hall–Kier alpha value is -6.44. The lowest BCUT2D eigenvalue weighted by Gasteiger charge is -2.39. The van der Waals surface area contributed by atoms with Crippen LogP contribution in [-0.2, 0) is 18.3 Å². The third-order valence-electron chi connectivity index (χ3n) is 12.4. The van der Waals surface area contributed by atoms with Crippen LogP contribution in [0.25, 0.3) is 55.6 Å². The minimum atomic E-state index is -0.168. The fourth-order valence-electron chi connectivity index (χ4n) is 9.62. The van der Waals surface area contributed by atoms with Crippen molar-refractivity contribution >= 4 is 17.1 Å². The molecule has 0 radical (unpaired) electrons. The number of aryl methyl sites for hydroxylation is 1. The van der Waals surface area contributed by atoms with Crippen LogP contribution in [-0.4, -0.2) is 0 Å². The van der Waals surface area contributed by atoms with Gasteiger partial charge in [-0.05, 0) is 109 Å². The summed E-state index contributed by atoms with van der Waals surface area (Å²) >= 11 is 0. The molecule has 0 unspecified atom stereocenters. The standard InChI is InChI=1S/C56H47N/c1-36-32-47-43-28-17-15-26-41(43)33-49(47)53(37(36)2)57(54-45(38-20-9-6-10-21-38)30-19-31-51(54)56(3,4)5)55-50-34-42-27-16-18-29-44(42)48(50)35-46(39-22-11-7-12-23-39)52(55)40-24-13-8-14-25-40/h6-32,35H,33-34H2,1-5H3. The van der Waals surface area contributed by atoms with Gasteiger partial charge in [-0.2, -0.15) is 0 Å². The van der Waals surface area contributed by atoms with E-state index in [1.54, 1.807) is 0 Å². The van der Waals surface area contributed by atoms with Crippen molar-refractivity contribution in [2.75, 3.05) is 4.90 Å². The molecule has 1 nitrogen and oxygen atoms in total. The topological polar surface area (TPSA) is 3.24 Å². The largest absolute Gasteiger partial charge is 0.308 e. The fraction of sp³-hybridized carbons (Fsp3) is 0.143. The number of hydrogen-bond acceptors (Lipinski definition) is 1. The van der Waals surface area contributed by atoms with Crippen LogP contribution in [0.5, 0.6) is 0 Å². The summed E-state index contributed by atoms with van der Waals surface area (Å²) in [4.78, 5) is 2.77. The van der Waals surface area contributed by atoms with Gasteiger partial charge in [0.05, 0.1) is 17.1 Å². The van der Waals surface area contributed by atoms with E-state index in [2.05, 4.69) is 209 Å². The number of anilines is 3. The highest BCUT2D eigenvalue weighted by atomic mass is 15.2. The molecule has 8 aromatic rings. The smallest absolute Gasteiger partial charge is 0.0588 e. The van der Waals surface area contributed by atoms with E-state index in [1.807, 2.05) is 0 Å². The van der Waals surface area contributed by atoms with Gasteiger partial charge in [0.15, 0.2) is 0 Å². The van der Waals surface area contributed by atoms with Gasteiger partial charge < -0.3 is 4.90 Å². The van der Waals surface area contributed by atoms with Gasteiger partial charge in [-0.15, -0.1) is 0 Å². The van der Waals surface area contributed by atoms with Crippen molar-refractivity contribution in [3.05, 3.63) is 209 Å². The van der Waals surface area contributed by atoms with E-state index in [4.69, 9.17) is 0 Å². The van der Waals surface area contributed by atoms with Crippen LogP contribution in [0.1, 0.15) is 59.7 Å². The van der Waals surface area contributed by atoms with Gasteiger partial charge in [0.2, 0.25) is 0 Å². The minimum Gasteiger partial charge on any atom is -0.308 e. The average molecular weight is 734 g/mol. The fourth-order valence-corrected chi connectivity index (χ4v) is 9.62. The number of fused-ring (bicyclic) bond motifs is 6. The lowest BCUT2D eigenvalue weighted by atomic mass is 9.81. The molecule has 0 bridgehead atoms. The molecule has 0 saturated heterocycles. The first kappa shape index (κ1) is 35.0. The van der Waals surface area contributed by atoms with E-state index in [0.717, 1.165) is 12.8 Å². The van der Waals surface area contributed by atoms with Crippen molar-refractivity contribution in [1.29, 1.82) is 0 Å². The predicted molar refractivity (Wildman–Crippen MR) is 242 cm³/mol. The number of para-hydroxylation sites is 1. The predicted octanol–water partition coefficient (Wildman–Crippen LogP) is 15.2. The molecule has 0 fully saturated rings. The number of benzene rings is 8. The molecule has 0 spiro atoms. The maximum absolute atomic E-state index is 2.77. The summed E-state index contributed by atoms with van der Waals surface area (Å²) in [5, 5.41) is 0. The van der Waals surface area contributed by atoms with E-state index < -0.39 is 0 Å². The molecular weight excluding hydrogens is 687 g/mol. The highest BCUT2D eigenvalue weighted by Crippen LogP contribution is 2.59. The summed E-state index contributed by atoms with van der Waals surface area (Å²) in [6.45, 7) is 11.8. The summed E-state index contributed by atoms with van der Waals surface area (Å²) < 4.78 is 0. The van der Waals surface area contributed by atoms with Crippen LogP contribution in [0.2, 0.25) is 0 Å². The van der Waals surface area contributed by atoms with Crippen molar-refractivity contribution in [2.24, 2.45) is 0 Å². The van der Waals surface area contributed by atoms with Crippen LogP contribution in [0.4, 0.5) is 17.1 Å². The van der Waals surface area contributed by atoms with Crippen LogP contribution in [0.15, 0.2) is 170 Å². The van der Waals surface area contributed by atoms with Crippen molar-refractivity contribution in [3.63, 3.8) is 0 Å². The Balaban J connectivity index is 1.45. The number of rotatable bonds is 6. The maximum Gasteiger partial charge on any atom is 0.0588 e. The Morgan fingerprint density at radius 1 is 0.404 bits per heavy atom. The van der Waals surface area contributed by atoms with Crippen molar-refractivity contribution in [2.45, 2.75) is 52.9 Å². The molecule has 276 valence electrons. The van der Waals surface area contributed by atoms with Gasteiger partial charge in [0.25, 0.3) is 0 Å². The first-order valence-electron chi connectivity index (χ1n) is 20.4. The SMILES string of the molecule is Cc1cc2c(c(N(c3c(-c4ccccc4)cccc3C(C)(C)C)c3c4c(cc(-c5ccccc5)c3-c3ccccc3)-c3ccccc3C4)c1C)Cc1ccccc1-2. The van der Waals surface area contributed by atoms with Gasteiger partial charge in [-0.3, -0.25) is 0 Å². The van der Waals surface area contributed by atoms with Crippen molar-refractivity contribution in [1.82, 2.24) is 0 Å². The molecule has 0 amide bonds. The Bertz CT molecular complexity index is 2820. The number of hydrogen-bond donors (Lipinski definition) is 0. The Labute approximate surface area is 337 Å². The lowest BCUT2D eigenvalue weighted by molar-refractivity contribution is 0.591. The van der Waals surface area contributed by atoms with E-state index in [1.165, 1.54) is 112 Å². The molecular formula is C56H47N. The van der Waals surface area contributed by atoms with E-state index >= 15 is 0 Å². The second-order valence-electron chi connectivity index (χ2n) is 16.9.